The third-order valence-electron chi connectivity index (χ3n) is 2.56. The molecule has 7 heteroatoms. The van der Waals surface area contributed by atoms with Gasteiger partial charge in [0.05, 0.1) is 11.6 Å². The first-order valence-corrected chi connectivity index (χ1v) is 4.88. The molecule has 0 saturated carbocycles. The van der Waals surface area contributed by atoms with E-state index >= 15 is 0 Å². The number of hydrogen-bond acceptors (Lipinski definition) is 3. The lowest BCUT2D eigenvalue weighted by Gasteiger charge is -2.34. The van der Waals surface area contributed by atoms with Crippen LogP contribution < -0.4 is 5.73 Å². The van der Waals surface area contributed by atoms with Gasteiger partial charge < -0.3 is 10.8 Å². The van der Waals surface area contributed by atoms with Crippen LogP contribution in [0, 0.1) is 17.1 Å². The molecule has 0 radical (unpaired) electrons. The quantitative estimate of drug-likeness (QED) is 0.798. The number of halogens is 4. The molecule has 0 bridgehead atoms. The molecule has 0 aliphatic rings. The zero-order valence-electron chi connectivity index (χ0n) is 9.29. The van der Waals surface area contributed by atoms with Gasteiger partial charge in [0.2, 0.25) is 5.60 Å². The van der Waals surface area contributed by atoms with Crippen molar-refractivity contribution in [3.63, 3.8) is 0 Å². The van der Waals surface area contributed by atoms with Crippen LogP contribution in [0.3, 0.4) is 0 Å². The minimum absolute atomic E-state index is 0.326. The lowest BCUT2D eigenvalue weighted by molar-refractivity contribution is -0.272. The van der Waals surface area contributed by atoms with Crippen molar-refractivity contribution < 1.29 is 22.7 Å². The van der Waals surface area contributed by atoms with Crippen molar-refractivity contribution in [2.75, 3.05) is 0 Å². The summed E-state index contributed by atoms with van der Waals surface area (Å²) in [6.45, 7) is 0.949. The maximum Gasteiger partial charge on any atom is 0.422 e. The van der Waals surface area contributed by atoms with Gasteiger partial charge in [-0.3, -0.25) is 0 Å². The maximum absolute atomic E-state index is 13.1. The van der Waals surface area contributed by atoms with Crippen molar-refractivity contribution in [2.45, 2.75) is 24.7 Å². The zero-order valence-corrected chi connectivity index (χ0v) is 9.29. The summed E-state index contributed by atoms with van der Waals surface area (Å²) in [5.74, 6) is -1.05. The van der Waals surface area contributed by atoms with Gasteiger partial charge in [-0.25, -0.2) is 4.39 Å². The van der Waals surface area contributed by atoms with Crippen LogP contribution in [0.4, 0.5) is 17.6 Å². The molecule has 0 saturated heterocycles. The maximum atomic E-state index is 13.1. The highest BCUT2D eigenvalue weighted by molar-refractivity contribution is 5.37. The second kappa shape index (κ2) is 4.55. The van der Waals surface area contributed by atoms with E-state index in [4.69, 9.17) is 11.0 Å². The van der Waals surface area contributed by atoms with Crippen LogP contribution in [0.25, 0.3) is 0 Å². The average Bonchev–Trinajstić information content (AvgIpc) is 2.25. The number of aliphatic hydroxyl groups is 1. The second-order valence-corrected chi connectivity index (χ2v) is 3.89. The summed E-state index contributed by atoms with van der Waals surface area (Å²) < 4.78 is 51.7. The fourth-order valence-electron chi connectivity index (χ4n) is 1.56. The lowest BCUT2D eigenvalue weighted by atomic mass is 9.86. The number of nitriles is 1. The van der Waals surface area contributed by atoms with Crippen molar-refractivity contribution >= 4 is 0 Å². The average molecular weight is 262 g/mol. The Morgan fingerprint density at radius 1 is 1.33 bits per heavy atom. The minimum Gasteiger partial charge on any atom is -0.375 e. The molecule has 1 aromatic rings. The molecule has 0 spiro atoms. The normalized spacial score (nSPS) is 16.8. The Balaban J connectivity index is 3.50. The van der Waals surface area contributed by atoms with Gasteiger partial charge in [0.1, 0.15) is 5.82 Å². The molecular weight excluding hydrogens is 252 g/mol. The van der Waals surface area contributed by atoms with Gasteiger partial charge in [-0.05, 0) is 30.7 Å². The van der Waals surface area contributed by atoms with E-state index in [9.17, 15) is 22.7 Å². The minimum atomic E-state index is -5.08. The van der Waals surface area contributed by atoms with Crippen molar-refractivity contribution in [2.24, 2.45) is 5.73 Å². The Morgan fingerprint density at radius 3 is 2.28 bits per heavy atom. The second-order valence-electron chi connectivity index (χ2n) is 3.89. The first kappa shape index (κ1) is 14.4. The van der Waals surface area contributed by atoms with Crippen molar-refractivity contribution in [1.82, 2.24) is 0 Å². The smallest absolute Gasteiger partial charge is 0.375 e. The van der Waals surface area contributed by atoms with Gasteiger partial charge in [0, 0.05) is 6.04 Å². The van der Waals surface area contributed by atoms with E-state index in [0.717, 1.165) is 19.1 Å². The Hall–Kier alpha value is -1.65. The summed E-state index contributed by atoms with van der Waals surface area (Å²) >= 11 is 0. The van der Waals surface area contributed by atoms with E-state index in [1.54, 1.807) is 0 Å². The van der Waals surface area contributed by atoms with Crippen molar-refractivity contribution in [3.05, 3.63) is 35.1 Å². The molecular formula is C11H10F4N2O. The molecule has 1 rings (SSSR count). The Kier molecular flexibility index (Phi) is 3.64. The Bertz CT molecular complexity index is 493. The molecule has 2 unspecified atom stereocenters. The van der Waals surface area contributed by atoms with E-state index < -0.39 is 29.2 Å². The molecule has 0 aromatic heterocycles. The van der Waals surface area contributed by atoms with Crippen LogP contribution in [0.15, 0.2) is 18.2 Å². The molecule has 3 nitrogen and oxygen atoms in total. The van der Waals surface area contributed by atoms with Gasteiger partial charge in [0.15, 0.2) is 0 Å². The van der Waals surface area contributed by atoms with Crippen LogP contribution in [0.5, 0.6) is 0 Å². The Labute approximate surface area is 100 Å². The summed E-state index contributed by atoms with van der Waals surface area (Å²) in [7, 11) is 0. The highest BCUT2D eigenvalue weighted by atomic mass is 19.4. The molecule has 3 N–H and O–H groups in total. The number of hydrogen-bond donors (Lipinski definition) is 2. The molecule has 0 fully saturated rings. The van der Waals surface area contributed by atoms with Gasteiger partial charge in [-0.2, -0.15) is 18.4 Å². The van der Waals surface area contributed by atoms with Crippen LogP contribution in [-0.4, -0.2) is 17.3 Å². The first-order chi connectivity index (χ1) is 8.12. The third kappa shape index (κ3) is 2.30. The third-order valence-corrected chi connectivity index (χ3v) is 2.56. The van der Waals surface area contributed by atoms with E-state index in [0.29, 0.717) is 6.07 Å². The number of nitrogens with two attached hydrogens (primary N) is 1. The highest BCUT2D eigenvalue weighted by Crippen LogP contribution is 2.41. The van der Waals surface area contributed by atoms with Crippen LogP contribution in [0.1, 0.15) is 18.1 Å². The molecule has 0 heterocycles. The van der Waals surface area contributed by atoms with Crippen molar-refractivity contribution in [3.8, 4) is 6.07 Å². The molecule has 0 aliphatic heterocycles. The number of benzene rings is 1. The number of rotatable bonds is 2. The predicted octanol–water partition coefficient (Wildman–Crippen LogP) is 1.79. The standard InChI is InChI=1S/C11H10F4N2O/c1-6(17)10(18,11(13,14)15)8-2-7(5-16)3-9(12)4-8/h2-4,6,18H,17H2,1H3. The summed E-state index contributed by atoms with van der Waals surface area (Å²) in [4.78, 5) is 0. The van der Waals surface area contributed by atoms with Gasteiger partial charge in [0.25, 0.3) is 0 Å². The van der Waals surface area contributed by atoms with Crippen LogP contribution in [0.2, 0.25) is 0 Å². The molecule has 2 atom stereocenters. The van der Waals surface area contributed by atoms with Crippen LogP contribution in [-0.2, 0) is 5.60 Å². The largest absolute Gasteiger partial charge is 0.422 e. The lowest BCUT2D eigenvalue weighted by Crippen LogP contribution is -2.54. The number of alkyl halides is 3. The summed E-state index contributed by atoms with van der Waals surface area (Å²) in [5.41, 5.74) is 0.637. The molecule has 0 aliphatic carbocycles. The van der Waals surface area contributed by atoms with Gasteiger partial charge >= 0.3 is 6.18 Å². The number of nitrogens with zero attached hydrogens (tertiary/aromatic N) is 1. The summed E-state index contributed by atoms with van der Waals surface area (Å²) in [6, 6.07) is 1.84. The monoisotopic (exact) mass is 262 g/mol. The zero-order chi connectivity index (χ0) is 14.1. The molecule has 0 amide bonds. The molecule has 98 valence electrons. The Morgan fingerprint density at radius 2 is 1.89 bits per heavy atom. The van der Waals surface area contributed by atoms with E-state index in [2.05, 4.69) is 0 Å². The van der Waals surface area contributed by atoms with Gasteiger partial charge in [-0.15, -0.1) is 0 Å². The summed E-state index contributed by atoms with van der Waals surface area (Å²) in [5, 5.41) is 18.3. The van der Waals surface area contributed by atoms with E-state index in [1.165, 1.54) is 6.07 Å². The summed E-state index contributed by atoms with van der Waals surface area (Å²) in [6.07, 6.45) is -5.08. The molecule has 18 heavy (non-hydrogen) atoms. The topological polar surface area (TPSA) is 70.0 Å². The predicted molar refractivity (Wildman–Crippen MR) is 54.7 cm³/mol. The van der Waals surface area contributed by atoms with E-state index in [1.807, 2.05) is 0 Å². The van der Waals surface area contributed by atoms with Crippen LogP contribution >= 0.6 is 0 Å². The molecule has 1 aromatic carbocycles. The van der Waals surface area contributed by atoms with Gasteiger partial charge in [-0.1, -0.05) is 0 Å². The highest BCUT2D eigenvalue weighted by Gasteiger charge is 2.57. The SMILES string of the molecule is CC(N)C(O)(c1cc(F)cc(C#N)c1)C(F)(F)F. The van der Waals surface area contributed by atoms with E-state index in [-0.39, 0.29) is 5.56 Å². The fraction of sp³-hybridized carbons (Fsp3) is 0.364. The fourth-order valence-corrected chi connectivity index (χ4v) is 1.56. The van der Waals surface area contributed by atoms with Crippen molar-refractivity contribution in [1.29, 1.82) is 5.26 Å². The first-order valence-electron chi connectivity index (χ1n) is 4.88.